The van der Waals surface area contributed by atoms with Crippen LogP contribution in [0.2, 0.25) is 5.02 Å². The second kappa shape index (κ2) is 9.96. The van der Waals surface area contributed by atoms with Gasteiger partial charge in [-0.05, 0) is 62.8 Å². The van der Waals surface area contributed by atoms with Crippen LogP contribution in [-0.4, -0.2) is 40.7 Å². The van der Waals surface area contributed by atoms with E-state index in [4.69, 9.17) is 22.1 Å². The molecule has 0 spiro atoms. The van der Waals surface area contributed by atoms with Gasteiger partial charge >= 0.3 is 0 Å². The molecule has 0 bridgehead atoms. The van der Waals surface area contributed by atoms with Crippen LogP contribution in [0.5, 0.6) is 11.5 Å². The number of nitrogens with one attached hydrogen (secondary N) is 2. The Kier molecular flexibility index (Phi) is 6.77. The topological polar surface area (TPSA) is 132 Å². The van der Waals surface area contributed by atoms with Crippen molar-refractivity contribution >= 4 is 33.3 Å². The van der Waals surface area contributed by atoms with Crippen molar-refractivity contribution in [3.05, 3.63) is 53.9 Å². The molecule has 3 aromatic rings. The van der Waals surface area contributed by atoms with Crippen LogP contribution < -0.4 is 20.5 Å². The van der Waals surface area contributed by atoms with Crippen LogP contribution in [0.4, 0.5) is 11.6 Å². The minimum absolute atomic E-state index is 0.253. The second-order valence-corrected chi connectivity index (χ2v) is 11.4. The highest BCUT2D eigenvalue weighted by Crippen LogP contribution is 2.36. The van der Waals surface area contributed by atoms with Crippen LogP contribution in [0.3, 0.4) is 0 Å². The van der Waals surface area contributed by atoms with E-state index in [1.807, 2.05) is 0 Å². The summed E-state index contributed by atoms with van der Waals surface area (Å²) in [4.78, 5) is 13.3. The molecular weight excluding hydrogens is 488 g/mol. The molecule has 2 saturated carbocycles. The predicted octanol–water partition coefficient (Wildman–Crippen LogP) is 4.57. The number of hydrogen-bond acceptors (Lipinski definition) is 8. The first-order chi connectivity index (χ1) is 16.9. The molecule has 0 aliphatic heterocycles. The van der Waals surface area contributed by atoms with Gasteiger partial charge in [-0.1, -0.05) is 11.6 Å². The summed E-state index contributed by atoms with van der Waals surface area (Å²) in [5, 5.41) is 3.33. The summed E-state index contributed by atoms with van der Waals surface area (Å²) >= 11 is 6.35. The average molecular weight is 515 g/mol. The van der Waals surface area contributed by atoms with Gasteiger partial charge in [0.05, 0.1) is 27.2 Å². The van der Waals surface area contributed by atoms with Gasteiger partial charge in [-0.2, -0.15) is 0 Å². The summed E-state index contributed by atoms with van der Waals surface area (Å²) in [5.41, 5.74) is 7.70. The van der Waals surface area contributed by atoms with Crippen LogP contribution in [0.25, 0.3) is 11.3 Å². The maximum Gasteiger partial charge on any atom is 0.235 e. The summed E-state index contributed by atoms with van der Waals surface area (Å²) in [6, 6.07) is 8.96. The zero-order chi connectivity index (χ0) is 24.4. The molecule has 0 unspecified atom stereocenters. The highest BCUT2D eigenvalue weighted by Gasteiger charge is 2.36. The lowest BCUT2D eigenvalue weighted by atomic mass is 9.92. The van der Waals surface area contributed by atoms with Crippen molar-refractivity contribution < 1.29 is 13.2 Å². The number of pyridine rings is 1. The number of benzene rings is 1. The van der Waals surface area contributed by atoms with Gasteiger partial charge in [0.1, 0.15) is 11.5 Å². The molecule has 4 N–H and O–H groups in total. The number of nitrogens with zero attached hydrogens (tertiary/aromatic N) is 3. The molecule has 2 fully saturated rings. The quantitative estimate of drug-likeness (QED) is 0.398. The van der Waals surface area contributed by atoms with Gasteiger partial charge < -0.3 is 15.8 Å². The first kappa shape index (κ1) is 23.8. The number of nitrogens with two attached hydrogens (primary N) is 1. The van der Waals surface area contributed by atoms with Crippen molar-refractivity contribution in [2.75, 3.05) is 10.0 Å². The van der Waals surface area contributed by atoms with E-state index in [-0.39, 0.29) is 16.3 Å². The molecule has 5 rings (SSSR count). The summed E-state index contributed by atoms with van der Waals surface area (Å²) < 4.78 is 33.1. The fraction of sp³-hybridized carbons (Fsp3) is 0.375. The minimum atomic E-state index is -3.40. The third kappa shape index (κ3) is 5.83. The van der Waals surface area contributed by atoms with Crippen molar-refractivity contribution in [3.8, 4) is 22.8 Å². The van der Waals surface area contributed by atoms with Gasteiger partial charge in [-0.15, -0.1) is 0 Å². The van der Waals surface area contributed by atoms with E-state index in [1.165, 1.54) is 0 Å². The molecule has 0 atom stereocenters. The Morgan fingerprint density at radius 3 is 2.57 bits per heavy atom. The Bertz CT molecular complexity index is 1310. The first-order valence-electron chi connectivity index (χ1n) is 11.7. The molecule has 2 heterocycles. The van der Waals surface area contributed by atoms with Gasteiger partial charge in [0, 0.05) is 36.7 Å². The van der Waals surface area contributed by atoms with E-state index in [1.54, 1.807) is 48.9 Å². The number of rotatable bonds is 8. The third-order valence-electron chi connectivity index (χ3n) is 6.20. The van der Waals surface area contributed by atoms with Crippen molar-refractivity contribution in [2.45, 2.75) is 55.9 Å². The number of hydrogen-bond donors (Lipinski definition) is 3. The van der Waals surface area contributed by atoms with Crippen molar-refractivity contribution in [1.82, 2.24) is 15.0 Å². The number of halogens is 1. The highest BCUT2D eigenvalue weighted by molar-refractivity contribution is 7.93. The van der Waals surface area contributed by atoms with Gasteiger partial charge in [0.15, 0.2) is 0 Å². The van der Waals surface area contributed by atoms with Crippen molar-refractivity contribution in [3.63, 3.8) is 0 Å². The standard InChI is InChI=1S/C24H27ClN6O3S/c25-20-13-17(5-8-22(20)31-35(32,33)18-6-7-18)34-23-10-11-27-14-19(23)21-9-12-28-24(30-21)29-16-3-1-15(26)2-4-16/h5,8-16,18,31H,1-4,6-7,26H2,(H,28,29,30). The van der Waals surface area contributed by atoms with E-state index in [9.17, 15) is 8.42 Å². The summed E-state index contributed by atoms with van der Waals surface area (Å²) in [5.74, 6) is 1.55. The van der Waals surface area contributed by atoms with Crippen LogP contribution in [0, 0.1) is 0 Å². The second-order valence-electron chi connectivity index (χ2n) is 8.98. The monoisotopic (exact) mass is 514 g/mol. The lowest BCUT2D eigenvalue weighted by Crippen LogP contribution is -2.33. The zero-order valence-electron chi connectivity index (χ0n) is 19.0. The maximum absolute atomic E-state index is 12.2. The summed E-state index contributed by atoms with van der Waals surface area (Å²) in [6.07, 6.45) is 10.3. The molecular formula is C24H27ClN6O3S. The molecule has 35 heavy (non-hydrogen) atoms. The smallest absolute Gasteiger partial charge is 0.235 e. The van der Waals surface area contributed by atoms with E-state index in [0.717, 1.165) is 25.7 Å². The molecule has 0 radical (unpaired) electrons. The molecule has 2 aliphatic rings. The first-order valence-corrected chi connectivity index (χ1v) is 13.6. The lowest BCUT2D eigenvalue weighted by Gasteiger charge is -2.26. The van der Waals surface area contributed by atoms with Crippen molar-refractivity contribution in [2.24, 2.45) is 5.73 Å². The Hall–Kier alpha value is -2.95. The highest BCUT2D eigenvalue weighted by atomic mass is 35.5. The van der Waals surface area contributed by atoms with Gasteiger partial charge in [0.25, 0.3) is 0 Å². The molecule has 11 heteroatoms. The van der Waals surface area contributed by atoms with Crippen LogP contribution >= 0.6 is 11.6 Å². The van der Waals surface area contributed by atoms with E-state index < -0.39 is 10.0 Å². The fourth-order valence-electron chi connectivity index (χ4n) is 4.07. The normalized spacial score (nSPS) is 20.3. The minimum Gasteiger partial charge on any atom is -0.456 e. The van der Waals surface area contributed by atoms with Gasteiger partial charge in [-0.3, -0.25) is 9.71 Å². The van der Waals surface area contributed by atoms with Gasteiger partial charge in [-0.25, -0.2) is 18.4 Å². The number of anilines is 2. The van der Waals surface area contributed by atoms with Gasteiger partial charge in [0.2, 0.25) is 16.0 Å². The molecule has 1 aromatic carbocycles. The number of ether oxygens (including phenoxy) is 1. The third-order valence-corrected chi connectivity index (χ3v) is 8.37. The maximum atomic E-state index is 12.2. The average Bonchev–Trinajstić information content (AvgIpc) is 3.69. The Labute approximate surface area is 209 Å². The lowest BCUT2D eigenvalue weighted by molar-refractivity contribution is 0.410. The Morgan fingerprint density at radius 1 is 1.03 bits per heavy atom. The summed E-state index contributed by atoms with van der Waals surface area (Å²) in [6.45, 7) is 0. The van der Waals surface area contributed by atoms with E-state index in [2.05, 4.69) is 25.0 Å². The molecule has 9 nitrogen and oxygen atoms in total. The van der Waals surface area contributed by atoms with Crippen LogP contribution in [-0.2, 0) is 10.0 Å². The van der Waals surface area contributed by atoms with Crippen LogP contribution in [0.1, 0.15) is 38.5 Å². The molecule has 184 valence electrons. The van der Waals surface area contributed by atoms with Crippen LogP contribution in [0.15, 0.2) is 48.9 Å². The van der Waals surface area contributed by atoms with E-state index >= 15 is 0 Å². The fourth-order valence-corrected chi connectivity index (χ4v) is 5.75. The Morgan fingerprint density at radius 2 is 1.83 bits per heavy atom. The molecule has 2 aromatic heterocycles. The number of sulfonamides is 1. The Balaban J connectivity index is 1.33. The van der Waals surface area contributed by atoms with E-state index in [0.29, 0.717) is 53.3 Å². The summed E-state index contributed by atoms with van der Waals surface area (Å²) in [7, 11) is -3.40. The number of aromatic nitrogens is 3. The molecule has 0 saturated heterocycles. The largest absolute Gasteiger partial charge is 0.456 e. The molecule has 2 aliphatic carbocycles. The van der Waals surface area contributed by atoms with Crippen molar-refractivity contribution in [1.29, 1.82) is 0 Å². The molecule has 0 amide bonds. The SMILES string of the molecule is NC1CCC(Nc2nccc(-c3cnccc3Oc3ccc(NS(=O)(=O)C4CC4)c(Cl)c3)n2)CC1. The predicted molar refractivity (Wildman–Crippen MR) is 136 cm³/mol. The zero-order valence-corrected chi connectivity index (χ0v) is 20.6.